The first-order valence-corrected chi connectivity index (χ1v) is 11.4. The normalized spacial score (nSPS) is 12.3. The minimum atomic E-state index is -0.297. The lowest BCUT2D eigenvalue weighted by Gasteiger charge is -2.18. The van der Waals surface area contributed by atoms with Gasteiger partial charge in [-0.15, -0.1) is 0 Å². The molecule has 1 aliphatic rings. The zero-order chi connectivity index (χ0) is 24.1. The molecule has 0 aliphatic carbocycles. The Morgan fingerprint density at radius 3 is 2.26 bits per heavy atom. The van der Waals surface area contributed by atoms with E-state index in [-0.39, 0.29) is 11.8 Å². The SMILES string of the molecule is CCOc1cc(C(=O)Nc2ccc3c(c2)CCN3C(=O)c2ccoc2)cc(OCC)c1OCC. The van der Waals surface area contributed by atoms with Gasteiger partial charge in [-0.3, -0.25) is 9.59 Å². The van der Waals surface area contributed by atoms with E-state index >= 15 is 0 Å². The summed E-state index contributed by atoms with van der Waals surface area (Å²) in [6, 6.07) is 10.5. The molecular formula is C26H28N2O6. The van der Waals surface area contributed by atoms with Crippen LogP contribution in [0.15, 0.2) is 53.3 Å². The highest BCUT2D eigenvalue weighted by Gasteiger charge is 2.26. The predicted molar refractivity (Wildman–Crippen MR) is 128 cm³/mol. The molecule has 0 saturated heterocycles. The first kappa shape index (κ1) is 23.2. The second-order valence-electron chi connectivity index (χ2n) is 7.62. The highest BCUT2D eigenvalue weighted by molar-refractivity contribution is 6.08. The molecule has 0 spiro atoms. The topological polar surface area (TPSA) is 90.2 Å². The van der Waals surface area contributed by atoms with Crippen LogP contribution in [0, 0.1) is 0 Å². The second-order valence-corrected chi connectivity index (χ2v) is 7.62. The van der Waals surface area contributed by atoms with Gasteiger partial charge in [0.05, 0.1) is 31.6 Å². The third-order valence-electron chi connectivity index (χ3n) is 5.42. The van der Waals surface area contributed by atoms with Gasteiger partial charge in [0.25, 0.3) is 11.8 Å². The summed E-state index contributed by atoms with van der Waals surface area (Å²) in [6.07, 6.45) is 3.63. The Bertz CT molecular complexity index is 1150. The van der Waals surface area contributed by atoms with Gasteiger partial charge in [-0.1, -0.05) is 0 Å². The lowest BCUT2D eigenvalue weighted by Crippen LogP contribution is -2.28. The average Bonchev–Trinajstić information content (AvgIpc) is 3.51. The van der Waals surface area contributed by atoms with E-state index in [1.54, 1.807) is 29.2 Å². The number of carbonyl (C=O) groups is 2. The molecule has 8 nitrogen and oxygen atoms in total. The minimum absolute atomic E-state index is 0.106. The van der Waals surface area contributed by atoms with Crippen LogP contribution in [-0.4, -0.2) is 38.2 Å². The number of hydrogen-bond donors (Lipinski definition) is 1. The first-order valence-electron chi connectivity index (χ1n) is 11.4. The third kappa shape index (κ3) is 4.71. The van der Waals surface area contributed by atoms with Gasteiger partial charge in [-0.2, -0.15) is 0 Å². The van der Waals surface area contributed by atoms with Crippen LogP contribution in [0.3, 0.4) is 0 Å². The molecule has 0 fully saturated rings. The van der Waals surface area contributed by atoms with Crippen LogP contribution >= 0.6 is 0 Å². The molecule has 34 heavy (non-hydrogen) atoms. The molecule has 8 heteroatoms. The number of amides is 2. The molecule has 1 aliphatic heterocycles. The highest BCUT2D eigenvalue weighted by Crippen LogP contribution is 2.39. The molecule has 178 valence electrons. The van der Waals surface area contributed by atoms with E-state index < -0.39 is 0 Å². The van der Waals surface area contributed by atoms with Crippen molar-refractivity contribution >= 4 is 23.2 Å². The maximum Gasteiger partial charge on any atom is 0.261 e. The summed E-state index contributed by atoms with van der Waals surface area (Å²) in [5, 5.41) is 2.94. The Kier molecular flexibility index (Phi) is 7.06. The van der Waals surface area contributed by atoms with Crippen LogP contribution in [0.2, 0.25) is 0 Å². The zero-order valence-electron chi connectivity index (χ0n) is 19.6. The number of fused-ring (bicyclic) bond motifs is 1. The lowest BCUT2D eigenvalue weighted by molar-refractivity contribution is 0.0987. The van der Waals surface area contributed by atoms with Gasteiger partial charge in [-0.05, 0) is 69.2 Å². The van der Waals surface area contributed by atoms with Crippen molar-refractivity contribution in [3.8, 4) is 17.2 Å². The number of rotatable bonds is 9. The molecule has 0 radical (unpaired) electrons. The van der Waals surface area contributed by atoms with Gasteiger partial charge < -0.3 is 28.8 Å². The third-order valence-corrected chi connectivity index (χ3v) is 5.42. The Morgan fingerprint density at radius 1 is 0.941 bits per heavy atom. The number of benzene rings is 2. The van der Waals surface area contributed by atoms with Crippen LogP contribution in [0.4, 0.5) is 11.4 Å². The molecule has 0 unspecified atom stereocenters. The maximum absolute atomic E-state index is 13.1. The van der Waals surface area contributed by atoms with E-state index in [0.717, 1.165) is 11.3 Å². The monoisotopic (exact) mass is 464 g/mol. The fourth-order valence-electron chi connectivity index (χ4n) is 3.96. The average molecular weight is 465 g/mol. The van der Waals surface area contributed by atoms with Crippen molar-refractivity contribution < 1.29 is 28.2 Å². The summed E-state index contributed by atoms with van der Waals surface area (Å²) in [5.41, 5.74) is 3.38. The van der Waals surface area contributed by atoms with Crippen molar-refractivity contribution in [1.29, 1.82) is 0 Å². The molecule has 4 rings (SSSR count). The molecule has 1 N–H and O–H groups in total. The van der Waals surface area contributed by atoms with Gasteiger partial charge in [0.15, 0.2) is 11.5 Å². The van der Waals surface area contributed by atoms with Crippen LogP contribution in [0.1, 0.15) is 47.1 Å². The van der Waals surface area contributed by atoms with Crippen molar-refractivity contribution in [3.05, 3.63) is 65.6 Å². The van der Waals surface area contributed by atoms with Gasteiger partial charge in [0, 0.05) is 23.5 Å². The molecule has 0 bridgehead atoms. The second kappa shape index (κ2) is 10.3. The quantitative estimate of drug-likeness (QED) is 0.483. The molecule has 2 amide bonds. The number of hydrogen-bond acceptors (Lipinski definition) is 6. The largest absolute Gasteiger partial charge is 0.490 e. The summed E-state index contributed by atoms with van der Waals surface area (Å²) in [4.78, 5) is 27.5. The number of furan rings is 1. The van der Waals surface area contributed by atoms with Gasteiger partial charge in [0.2, 0.25) is 5.75 Å². The van der Waals surface area contributed by atoms with Crippen molar-refractivity contribution in [2.24, 2.45) is 0 Å². The molecule has 0 atom stereocenters. The smallest absolute Gasteiger partial charge is 0.261 e. The van der Waals surface area contributed by atoms with E-state index in [2.05, 4.69) is 5.32 Å². The van der Waals surface area contributed by atoms with Crippen molar-refractivity contribution in [2.75, 3.05) is 36.6 Å². The summed E-state index contributed by atoms with van der Waals surface area (Å²) >= 11 is 0. The van der Waals surface area contributed by atoms with Gasteiger partial charge in [0.1, 0.15) is 6.26 Å². The summed E-state index contributed by atoms with van der Waals surface area (Å²) < 4.78 is 22.2. The molecule has 0 saturated carbocycles. The van der Waals surface area contributed by atoms with Gasteiger partial charge in [-0.25, -0.2) is 0 Å². The lowest BCUT2D eigenvalue weighted by atomic mass is 10.1. The number of ether oxygens (including phenoxy) is 3. The van der Waals surface area contributed by atoms with Crippen molar-refractivity contribution in [2.45, 2.75) is 27.2 Å². The molecular weight excluding hydrogens is 436 g/mol. The van der Waals surface area contributed by atoms with Gasteiger partial charge >= 0.3 is 0 Å². The molecule has 3 aromatic rings. The van der Waals surface area contributed by atoms with Crippen molar-refractivity contribution in [3.63, 3.8) is 0 Å². The number of nitrogens with one attached hydrogen (secondary N) is 1. The zero-order valence-corrected chi connectivity index (χ0v) is 19.6. The minimum Gasteiger partial charge on any atom is -0.490 e. The summed E-state index contributed by atoms with van der Waals surface area (Å²) in [6.45, 7) is 7.49. The highest BCUT2D eigenvalue weighted by atomic mass is 16.5. The van der Waals surface area contributed by atoms with Crippen LogP contribution in [0.5, 0.6) is 17.2 Å². The Balaban J connectivity index is 1.56. The van der Waals surface area contributed by atoms with Crippen LogP contribution in [-0.2, 0) is 6.42 Å². The van der Waals surface area contributed by atoms with Crippen LogP contribution < -0.4 is 24.4 Å². The van der Waals surface area contributed by atoms with E-state index in [1.165, 1.54) is 12.5 Å². The van der Waals surface area contributed by atoms with E-state index in [1.807, 2.05) is 32.9 Å². The fraction of sp³-hybridized carbons (Fsp3) is 0.308. The van der Waals surface area contributed by atoms with Crippen molar-refractivity contribution in [1.82, 2.24) is 0 Å². The first-order chi connectivity index (χ1) is 16.5. The molecule has 2 heterocycles. The number of nitrogens with zero attached hydrogens (tertiary/aromatic N) is 1. The maximum atomic E-state index is 13.1. The fourth-order valence-corrected chi connectivity index (χ4v) is 3.96. The summed E-state index contributed by atoms with van der Waals surface area (Å²) in [7, 11) is 0. The summed E-state index contributed by atoms with van der Waals surface area (Å²) in [5.74, 6) is 1.01. The Hall–Kier alpha value is -3.94. The number of anilines is 2. The standard InChI is InChI=1S/C26H28N2O6/c1-4-32-22-14-19(15-23(33-5-2)24(22)34-6-3)25(29)27-20-7-8-21-17(13-20)9-11-28(21)26(30)18-10-12-31-16-18/h7-8,10,12-16H,4-6,9,11H2,1-3H3,(H,27,29). The Labute approximate surface area is 198 Å². The van der Waals surface area contributed by atoms with Crippen LogP contribution in [0.25, 0.3) is 0 Å². The Morgan fingerprint density at radius 2 is 1.65 bits per heavy atom. The predicted octanol–water partition coefficient (Wildman–Crippen LogP) is 4.93. The molecule has 1 aromatic heterocycles. The van der Waals surface area contributed by atoms with E-state index in [0.29, 0.717) is 66.8 Å². The van der Waals surface area contributed by atoms with E-state index in [4.69, 9.17) is 18.6 Å². The number of carbonyl (C=O) groups excluding carboxylic acids is 2. The molecule has 2 aromatic carbocycles. The van der Waals surface area contributed by atoms with E-state index in [9.17, 15) is 9.59 Å².